The number of hydrogen-bond donors (Lipinski definition) is 0. The van der Waals surface area contributed by atoms with Gasteiger partial charge in [-0.05, 0) is 42.3 Å². The van der Waals surface area contributed by atoms with Crippen LogP contribution >= 0.6 is 11.6 Å². The number of amides is 1. The summed E-state index contributed by atoms with van der Waals surface area (Å²) in [6.07, 6.45) is 5.97. The van der Waals surface area contributed by atoms with Crippen LogP contribution < -0.4 is 14.4 Å². The van der Waals surface area contributed by atoms with Gasteiger partial charge in [0.05, 0.1) is 26.0 Å². The van der Waals surface area contributed by atoms with Crippen LogP contribution in [-0.4, -0.2) is 38.4 Å². The van der Waals surface area contributed by atoms with Crippen LogP contribution in [0.15, 0.2) is 53.2 Å². The highest BCUT2D eigenvalue weighted by Gasteiger charge is 2.31. The highest BCUT2D eigenvalue weighted by molar-refractivity contribution is 6.30. The molecule has 1 aromatic heterocycles. The minimum absolute atomic E-state index is 0.0322. The van der Waals surface area contributed by atoms with Gasteiger partial charge in [0, 0.05) is 11.6 Å². The predicted octanol–water partition coefficient (Wildman–Crippen LogP) is 4.76. The van der Waals surface area contributed by atoms with Crippen molar-refractivity contribution in [1.82, 2.24) is 5.16 Å². The van der Waals surface area contributed by atoms with Crippen molar-refractivity contribution in [3.8, 4) is 35.0 Å². The fourth-order valence-corrected chi connectivity index (χ4v) is 3.38. The van der Waals surface area contributed by atoms with Gasteiger partial charge < -0.3 is 18.7 Å². The highest BCUT2D eigenvalue weighted by Crippen LogP contribution is 2.37. The van der Waals surface area contributed by atoms with Crippen molar-refractivity contribution in [3.05, 3.63) is 59.2 Å². The molecule has 32 heavy (non-hydrogen) atoms. The summed E-state index contributed by atoms with van der Waals surface area (Å²) in [7, 11) is 3.12. The minimum Gasteiger partial charge on any atom is -0.493 e. The topological polar surface area (TPSA) is 74.0 Å². The molecule has 0 fully saturated rings. The first kappa shape index (κ1) is 23.2. The third kappa shape index (κ3) is 4.88. The standard InChI is InChI=1S/C24H23ClN2O5/c1-5-13-31-22(16-7-10-18(25)11-8-16)23(28)27(6-2)24-19(15-26-32-24)17-9-12-20(29-3)21(14-17)30-4/h1,7-12,14-15,22H,6,13H2,2-4H3. The monoisotopic (exact) mass is 454 g/mol. The molecule has 7 nitrogen and oxygen atoms in total. The number of likely N-dealkylation sites (N-methyl/N-ethyl adjacent to an activating group) is 1. The first-order valence-corrected chi connectivity index (χ1v) is 10.2. The Morgan fingerprint density at radius 3 is 2.53 bits per heavy atom. The third-order valence-electron chi connectivity index (χ3n) is 4.80. The largest absolute Gasteiger partial charge is 0.493 e. The van der Waals surface area contributed by atoms with E-state index in [1.165, 1.54) is 4.90 Å². The number of rotatable bonds is 9. The quantitative estimate of drug-likeness (QED) is 0.434. The zero-order chi connectivity index (χ0) is 23.1. The Morgan fingerprint density at radius 1 is 1.19 bits per heavy atom. The molecule has 0 aliphatic carbocycles. The van der Waals surface area contributed by atoms with E-state index in [9.17, 15) is 4.79 Å². The number of carbonyl (C=O) groups is 1. The van der Waals surface area contributed by atoms with Gasteiger partial charge in [-0.15, -0.1) is 6.42 Å². The fraction of sp³-hybridized carbons (Fsp3) is 0.250. The Labute approximate surface area is 191 Å². The second kappa shape index (κ2) is 10.7. The lowest BCUT2D eigenvalue weighted by Crippen LogP contribution is -2.36. The maximum Gasteiger partial charge on any atom is 0.263 e. The Hall–Kier alpha value is -3.47. The fourth-order valence-electron chi connectivity index (χ4n) is 3.25. The summed E-state index contributed by atoms with van der Waals surface area (Å²) in [6.45, 7) is 2.12. The second-order valence-electron chi connectivity index (χ2n) is 6.64. The second-order valence-corrected chi connectivity index (χ2v) is 7.08. The molecule has 0 saturated carbocycles. The number of terminal acetylenes is 1. The van der Waals surface area contributed by atoms with Crippen LogP contribution in [0.1, 0.15) is 18.6 Å². The van der Waals surface area contributed by atoms with Crippen molar-refractivity contribution < 1.29 is 23.5 Å². The molecule has 0 bridgehead atoms. The number of anilines is 1. The summed E-state index contributed by atoms with van der Waals surface area (Å²) >= 11 is 6.00. The summed E-state index contributed by atoms with van der Waals surface area (Å²) < 4.78 is 21.9. The molecular formula is C24H23ClN2O5. The van der Waals surface area contributed by atoms with Gasteiger partial charge in [-0.3, -0.25) is 9.69 Å². The van der Waals surface area contributed by atoms with E-state index in [4.69, 9.17) is 36.8 Å². The number of carbonyl (C=O) groups excluding carboxylic acids is 1. The SMILES string of the molecule is C#CCOC(C(=O)N(CC)c1oncc1-c1ccc(OC)c(OC)c1)c1ccc(Cl)cc1. The van der Waals surface area contributed by atoms with Gasteiger partial charge in [0.15, 0.2) is 17.6 Å². The summed E-state index contributed by atoms with van der Waals surface area (Å²) in [4.78, 5) is 15.0. The van der Waals surface area contributed by atoms with E-state index in [2.05, 4.69) is 11.1 Å². The van der Waals surface area contributed by atoms with E-state index in [0.29, 0.717) is 34.2 Å². The molecule has 0 radical (unpaired) electrons. The Kier molecular flexibility index (Phi) is 7.77. The van der Waals surface area contributed by atoms with Gasteiger partial charge in [0.1, 0.15) is 6.61 Å². The summed E-state index contributed by atoms with van der Waals surface area (Å²) in [6, 6.07) is 12.2. The predicted molar refractivity (Wildman–Crippen MR) is 122 cm³/mol. The molecule has 166 valence electrons. The number of ether oxygens (including phenoxy) is 3. The molecule has 0 aliphatic rings. The van der Waals surface area contributed by atoms with Gasteiger partial charge in [0.2, 0.25) is 5.88 Å². The summed E-state index contributed by atoms with van der Waals surface area (Å²) in [5.74, 6) is 3.48. The number of benzene rings is 2. The van der Waals surface area contributed by atoms with Crippen LogP contribution in [0.5, 0.6) is 11.5 Å². The molecule has 3 aromatic rings. The number of methoxy groups -OCH3 is 2. The molecule has 0 N–H and O–H groups in total. The van der Waals surface area contributed by atoms with Crippen LogP contribution in [0.3, 0.4) is 0 Å². The zero-order valence-corrected chi connectivity index (χ0v) is 18.8. The molecule has 1 heterocycles. The van der Waals surface area contributed by atoms with Crippen molar-refractivity contribution in [3.63, 3.8) is 0 Å². The van der Waals surface area contributed by atoms with Crippen molar-refractivity contribution >= 4 is 23.4 Å². The molecule has 0 saturated heterocycles. The normalized spacial score (nSPS) is 11.5. The van der Waals surface area contributed by atoms with Crippen LogP contribution in [0.2, 0.25) is 5.02 Å². The van der Waals surface area contributed by atoms with Gasteiger partial charge >= 0.3 is 0 Å². The van der Waals surface area contributed by atoms with Crippen molar-refractivity contribution in [2.45, 2.75) is 13.0 Å². The van der Waals surface area contributed by atoms with E-state index in [1.807, 2.05) is 13.0 Å². The van der Waals surface area contributed by atoms with Crippen LogP contribution in [0.4, 0.5) is 5.88 Å². The lowest BCUT2D eigenvalue weighted by Gasteiger charge is -2.25. The molecule has 0 spiro atoms. The van der Waals surface area contributed by atoms with Crippen molar-refractivity contribution in [1.29, 1.82) is 0 Å². The minimum atomic E-state index is -0.938. The number of halogens is 1. The molecule has 1 amide bonds. The lowest BCUT2D eigenvalue weighted by atomic mass is 10.1. The zero-order valence-electron chi connectivity index (χ0n) is 18.0. The van der Waals surface area contributed by atoms with Gasteiger partial charge in [0.25, 0.3) is 5.91 Å². The lowest BCUT2D eigenvalue weighted by molar-refractivity contribution is -0.129. The number of hydrogen-bond acceptors (Lipinski definition) is 6. The molecule has 2 aromatic carbocycles. The third-order valence-corrected chi connectivity index (χ3v) is 5.06. The summed E-state index contributed by atoms with van der Waals surface area (Å²) in [5, 5.41) is 4.47. The molecule has 1 unspecified atom stereocenters. The van der Waals surface area contributed by atoms with Crippen LogP contribution in [0, 0.1) is 12.3 Å². The Balaban J connectivity index is 1.99. The smallest absolute Gasteiger partial charge is 0.263 e. The Bertz CT molecular complexity index is 1100. The van der Waals surface area contributed by atoms with Crippen LogP contribution in [0.25, 0.3) is 11.1 Å². The highest BCUT2D eigenvalue weighted by atomic mass is 35.5. The maximum absolute atomic E-state index is 13.5. The molecular weight excluding hydrogens is 432 g/mol. The maximum atomic E-state index is 13.5. The number of nitrogens with zero attached hydrogens (tertiary/aromatic N) is 2. The molecule has 1 atom stereocenters. The van der Waals surface area contributed by atoms with Gasteiger partial charge in [-0.1, -0.05) is 40.9 Å². The molecule has 3 rings (SSSR count). The average molecular weight is 455 g/mol. The molecule has 8 heteroatoms. The first-order chi connectivity index (χ1) is 15.5. The van der Waals surface area contributed by atoms with Gasteiger partial charge in [-0.2, -0.15) is 0 Å². The first-order valence-electron chi connectivity index (χ1n) is 9.83. The van der Waals surface area contributed by atoms with E-state index >= 15 is 0 Å². The Morgan fingerprint density at radius 2 is 1.91 bits per heavy atom. The van der Waals surface area contributed by atoms with Crippen molar-refractivity contribution in [2.24, 2.45) is 0 Å². The van der Waals surface area contributed by atoms with E-state index in [0.717, 1.165) is 5.56 Å². The average Bonchev–Trinajstić information content (AvgIpc) is 3.30. The van der Waals surface area contributed by atoms with E-state index in [1.54, 1.807) is 56.8 Å². The van der Waals surface area contributed by atoms with Crippen molar-refractivity contribution in [2.75, 3.05) is 32.3 Å². The van der Waals surface area contributed by atoms with E-state index in [-0.39, 0.29) is 18.4 Å². The molecule has 0 aliphatic heterocycles. The van der Waals surface area contributed by atoms with E-state index < -0.39 is 6.10 Å². The van der Waals surface area contributed by atoms with Gasteiger partial charge in [-0.25, -0.2) is 0 Å². The summed E-state index contributed by atoms with van der Waals surface area (Å²) in [5.41, 5.74) is 1.99. The van der Waals surface area contributed by atoms with Crippen LogP contribution in [-0.2, 0) is 9.53 Å². The number of aromatic nitrogens is 1.